The zero-order valence-electron chi connectivity index (χ0n) is 29.1. The Balaban J connectivity index is 1.09. The van der Waals surface area contributed by atoms with Gasteiger partial charge in [-0.05, 0) is 80.2 Å². The van der Waals surface area contributed by atoms with E-state index in [1.807, 2.05) is 18.5 Å². The summed E-state index contributed by atoms with van der Waals surface area (Å²) in [5.74, 6) is 4.57. The van der Waals surface area contributed by atoms with Crippen LogP contribution in [0.25, 0.3) is 22.8 Å². The minimum absolute atomic E-state index is 0.150. The number of fused-ring (bicyclic) bond motifs is 2. The average Bonchev–Trinajstić information content (AvgIpc) is 3.76. The van der Waals surface area contributed by atoms with Crippen molar-refractivity contribution >= 4 is 11.8 Å². The second-order valence-corrected chi connectivity index (χ2v) is 13.5. The van der Waals surface area contributed by atoms with Gasteiger partial charge in [0.2, 0.25) is 11.8 Å². The van der Waals surface area contributed by atoms with Gasteiger partial charge < -0.3 is 25.3 Å². The van der Waals surface area contributed by atoms with E-state index in [2.05, 4.69) is 88.6 Å². The summed E-state index contributed by atoms with van der Waals surface area (Å²) in [5, 5.41) is 6.08. The first-order valence-corrected chi connectivity index (χ1v) is 17.9. The van der Waals surface area contributed by atoms with Gasteiger partial charge >= 0.3 is 0 Å². The molecule has 4 N–H and O–H groups in total. The molecule has 1 aliphatic rings. The predicted molar refractivity (Wildman–Crippen MR) is 191 cm³/mol. The Morgan fingerprint density at radius 1 is 0.729 bits per heavy atom. The quantitative estimate of drug-likeness (QED) is 0.0716. The average molecular weight is 653 g/mol. The number of carbonyl (C=O) groups is 2. The molecule has 0 bridgehead atoms. The summed E-state index contributed by atoms with van der Waals surface area (Å²) >= 11 is 0. The molecule has 0 aliphatic carbocycles. The largest absolute Gasteiger partial charge is 0.457 e. The molecule has 0 fully saturated rings. The van der Waals surface area contributed by atoms with Gasteiger partial charge in [0.1, 0.15) is 23.1 Å². The Morgan fingerprint density at radius 3 is 1.83 bits per heavy atom. The van der Waals surface area contributed by atoms with Crippen LogP contribution in [0.4, 0.5) is 0 Å². The van der Waals surface area contributed by atoms with Gasteiger partial charge in [0, 0.05) is 72.8 Å². The van der Waals surface area contributed by atoms with Crippen LogP contribution in [0.3, 0.4) is 0 Å². The van der Waals surface area contributed by atoms with Crippen molar-refractivity contribution in [3.05, 3.63) is 71.3 Å². The summed E-state index contributed by atoms with van der Waals surface area (Å²) in [4.78, 5) is 40.2. The van der Waals surface area contributed by atoms with Crippen LogP contribution in [0, 0.1) is 11.8 Å². The molecule has 2 atom stereocenters. The molecule has 9 nitrogen and oxygen atoms in total. The highest BCUT2D eigenvalue weighted by Gasteiger charge is 2.20. The molecule has 1 aliphatic heterocycles. The minimum atomic E-state index is 0.150. The van der Waals surface area contributed by atoms with E-state index in [0.29, 0.717) is 37.8 Å². The molecule has 5 rings (SSSR count). The number of hydrogen-bond acceptors (Lipinski definition) is 5. The molecule has 48 heavy (non-hydrogen) atoms. The number of H-pyrrole nitrogens is 2. The van der Waals surface area contributed by atoms with E-state index >= 15 is 0 Å². The normalized spacial score (nSPS) is 13.2. The van der Waals surface area contributed by atoms with E-state index in [4.69, 9.17) is 4.74 Å². The lowest BCUT2D eigenvalue weighted by molar-refractivity contribution is -0.122. The smallest absolute Gasteiger partial charge is 0.220 e. The molecule has 0 spiro atoms. The van der Waals surface area contributed by atoms with Gasteiger partial charge in [-0.1, -0.05) is 52.7 Å². The van der Waals surface area contributed by atoms with Gasteiger partial charge in [-0.3, -0.25) is 9.59 Å². The molecule has 2 aromatic heterocycles. The first-order valence-electron chi connectivity index (χ1n) is 17.9. The van der Waals surface area contributed by atoms with Crippen molar-refractivity contribution in [1.29, 1.82) is 0 Å². The van der Waals surface area contributed by atoms with Gasteiger partial charge in [-0.2, -0.15) is 0 Å². The zero-order chi connectivity index (χ0) is 33.9. The van der Waals surface area contributed by atoms with E-state index in [0.717, 1.165) is 115 Å². The van der Waals surface area contributed by atoms with E-state index in [1.54, 1.807) is 0 Å². The summed E-state index contributed by atoms with van der Waals surface area (Å²) < 4.78 is 6.37. The monoisotopic (exact) mass is 652 g/mol. The number of nitrogens with one attached hydrogen (secondary N) is 4. The first-order chi connectivity index (χ1) is 23.3. The number of benzene rings is 2. The fraction of sp³-hybridized carbons (Fsp3) is 0.487. The number of imidazole rings is 2. The summed E-state index contributed by atoms with van der Waals surface area (Å²) in [5.41, 5.74) is 6.50. The van der Waals surface area contributed by atoms with Crippen molar-refractivity contribution in [3.63, 3.8) is 0 Å². The van der Waals surface area contributed by atoms with Crippen LogP contribution in [0.2, 0.25) is 0 Å². The van der Waals surface area contributed by atoms with Crippen molar-refractivity contribution in [1.82, 2.24) is 30.6 Å². The van der Waals surface area contributed by atoms with Gasteiger partial charge in [0.05, 0.1) is 0 Å². The molecule has 3 heterocycles. The summed E-state index contributed by atoms with van der Waals surface area (Å²) in [6, 6.07) is 12.5. The molecule has 0 saturated carbocycles. The topological polar surface area (TPSA) is 125 Å². The second-order valence-electron chi connectivity index (χ2n) is 13.5. The van der Waals surface area contributed by atoms with Crippen LogP contribution < -0.4 is 15.4 Å². The van der Waals surface area contributed by atoms with E-state index in [9.17, 15) is 9.59 Å². The third-order valence-electron chi connectivity index (χ3n) is 9.38. The fourth-order valence-corrected chi connectivity index (χ4v) is 5.90. The zero-order valence-corrected chi connectivity index (χ0v) is 29.1. The van der Waals surface area contributed by atoms with Gasteiger partial charge in [-0.15, -0.1) is 0 Å². The molecular weight excluding hydrogens is 600 g/mol. The van der Waals surface area contributed by atoms with Gasteiger partial charge in [0.25, 0.3) is 0 Å². The van der Waals surface area contributed by atoms with Gasteiger partial charge in [0.15, 0.2) is 0 Å². The standard InChI is InChI=1S/C39H52N6O3/c1-5-26(3)19-36(46)40-17-9-7-11-32-24-42-38(44-32)29-15-16-34-31(22-29)21-28-13-14-30(23-35(28)48-34)39-43-25-33(45-39)12-8-10-18-41-37(47)20-27(4)6-2/h13-16,22-27H,5-12,17-21H2,1-4H3,(H,40,46)(H,41,47)(H,42,44)(H,43,45). The Bertz CT molecular complexity index is 1540. The number of aromatic amines is 2. The SMILES string of the molecule is CCC(C)CC(=O)NCCCCc1cnc(-c2ccc3c(c2)Cc2ccc(-c4ncc(CCCCNC(=O)CC(C)CC)[nH]4)cc2O3)[nH]1. The highest BCUT2D eigenvalue weighted by Crippen LogP contribution is 2.39. The number of amides is 2. The number of rotatable bonds is 18. The number of ether oxygens (including phenoxy) is 1. The Hall–Kier alpha value is -4.40. The maximum absolute atomic E-state index is 12.0. The Morgan fingerprint density at radius 2 is 1.27 bits per heavy atom. The molecule has 2 unspecified atom stereocenters. The molecule has 0 radical (unpaired) electrons. The van der Waals surface area contributed by atoms with Crippen molar-refractivity contribution in [3.8, 4) is 34.3 Å². The first kappa shape index (κ1) is 34.9. The second kappa shape index (κ2) is 17.1. The summed E-state index contributed by atoms with van der Waals surface area (Å²) in [7, 11) is 0. The highest BCUT2D eigenvalue weighted by atomic mass is 16.5. The molecule has 4 aromatic rings. The molecule has 2 aromatic carbocycles. The lowest BCUT2D eigenvalue weighted by Gasteiger charge is -2.21. The lowest BCUT2D eigenvalue weighted by atomic mass is 9.97. The van der Waals surface area contributed by atoms with Crippen molar-refractivity contribution in [2.24, 2.45) is 11.8 Å². The van der Waals surface area contributed by atoms with Crippen LogP contribution in [0.15, 0.2) is 48.8 Å². The predicted octanol–water partition coefficient (Wildman–Crippen LogP) is 7.91. The third kappa shape index (κ3) is 9.81. The number of unbranched alkanes of at least 4 members (excludes halogenated alkanes) is 2. The molecule has 0 saturated heterocycles. The number of aryl methyl sites for hydroxylation is 2. The van der Waals surface area contributed by atoms with Crippen molar-refractivity contribution in [2.45, 2.75) is 98.3 Å². The van der Waals surface area contributed by atoms with Crippen LogP contribution in [0.1, 0.15) is 102 Å². The Kier molecular flexibility index (Phi) is 12.5. The van der Waals surface area contributed by atoms with Crippen LogP contribution in [0.5, 0.6) is 11.5 Å². The molecule has 9 heteroatoms. The fourth-order valence-electron chi connectivity index (χ4n) is 5.90. The van der Waals surface area contributed by atoms with Crippen LogP contribution in [-0.4, -0.2) is 44.8 Å². The number of aromatic nitrogens is 4. The van der Waals surface area contributed by atoms with E-state index < -0.39 is 0 Å². The Labute approximate surface area is 285 Å². The number of carbonyl (C=O) groups excluding carboxylic acids is 2. The van der Waals surface area contributed by atoms with Crippen molar-refractivity contribution < 1.29 is 14.3 Å². The molecular formula is C39H52N6O3. The molecule has 2 amide bonds. The lowest BCUT2D eigenvalue weighted by Crippen LogP contribution is -2.25. The van der Waals surface area contributed by atoms with Crippen molar-refractivity contribution in [2.75, 3.05) is 13.1 Å². The third-order valence-corrected chi connectivity index (χ3v) is 9.38. The van der Waals surface area contributed by atoms with Crippen LogP contribution in [-0.2, 0) is 28.9 Å². The van der Waals surface area contributed by atoms with E-state index in [-0.39, 0.29) is 11.8 Å². The van der Waals surface area contributed by atoms with Gasteiger partial charge in [-0.25, -0.2) is 9.97 Å². The minimum Gasteiger partial charge on any atom is -0.457 e. The van der Waals surface area contributed by atoms with Crippen LogP contribution >= 0.6 is 0 Å². The number of hydrogen-bond donors (Lipinski definition) is 4. The summed E-state index contributed by atoms with van der Waals surface area (Å²) in [6.07, 6.45) is 13.5. The number of nitrogens with zero attached hydrogens (tertiary/aromatic N) is 2. The highest BCUT2D eigenvalue weighted by molar-refractivity contribution is 5.76. The summed E-state index contributed by atoms with van der Waals surface area (Å²) in [6.45, 7) is 9.89. The molecule has 256 valence electrons. The maximum Gasteiger partial charge on any atom is 0.220 e. The maximum atomic E-state index is 12.0. The van der Waals surface area contributed by atoms with E-state index in [1.165, 1.54) is 0 Å².